The van der Waals surface area contributed by atoms with Gasteiger partial charge in [-0.2, -0.15) is 0 Å². The maximum Gasteiger partial charge on any atom is 0.246 e. The highest BCUT2D eigenvalue weighted by Gasteiger charge is 2.10. The van der Waals surface area contributed by atoms with Crippen LogP contribution < -0.4 is 4.72 Å². The molecular formula is C17H19N3O3S. The minimum absolute atomic E-state index is 0.140. The van der Waals surface area contributed by atoms with E-state index in [0.29, 0.717) is 6.54 Å². The number of carbonyl (C=O) groups is 1. The molecule has 1 aromatic carbocycles. The van der Waals surface area contributed by atoms with Crippen molar-refractivity contribution in [1.29, 1.82) is 0 Å². The van der Waals surface area contributed by atoms with Gasteiger partial charge in [0, 0.05) is 32.1 Å². The third kappa shape index (κ3) is 4.74. The van der Waals surface area contributed by atoms with E-state index in [-0.39, 0.29) is 10.8 Å². The monoisotopic (exact) mass is 345 g/mol. The molecule has 24 heavy (non-hydrogen) atoms. The predicted octanol–water partition coefficient (Wildman–Crippen LogP) is 1.66. The first-order valence-electron chi connectivity index (χ1n) is 7.28. The maximum absolute atomic E-state index is 12.1. The van der Waals surface area contributed by atoms with E-state index in [1.807, 2.05) is 12.1 Å². The summed E-state index contributed by atoms with van der Waals surface area (Å²) in [6.07, 6.45) is 6.48. The highest BCUT2D eigenvalue weighted by atomic mass is 32.2. The van der Waals surface area contributed by atoms with Crippen LogP contribution in [-0.2, 0) is 21.4 Å². The molecule has 0 bridgehead atoms. The topological polar surface area (TPSA) is 79.4 Å². The molecule has 7 heteroatoms. The van der Waals surface area contributed by atoms with Crippen LogP contribution in [0.2, 0.25) is 0 Å². The van der Waals surface area contributed by atoms with Crippen LogP contribution in [0.25, 0.3) is 6.08 Å². The number of pyridine rings is 1. The maximum atomic E-state index is 12.1. The first-order valence-corrected chi connectivity index (χ1v) is 8.76. The van der Waals surface area contributed by atoms with Crippen LogP contribution in [0.1, 0.15) is 11.1 Å². The Hall–Kier alpha value is -2.51. The summed E-state index contributed by atoms with van der Waals surface area (Å²) >= 11 is 0. The fraction of sp³-hybridized carbons (Fsp3) is 0.176. The average Bonchev–Trinajstić information content (AvgIpc) is 2.60. The quantitative estimate of drug-likeness (QED) is 0.808. The van der Waals surface area contributed by atoms with Gasteiger partial charge >= 0.3 is 0 Å². The first kappa shape index (κ1) is 17.8. The van der Waals surface area contributed by atoms with Crippen molar-refractivity contribution >= 4 is 22.0 Å². The molecule has 0 spiro atoms. The van der Waals surface area contributed by atoms with Crippen molar-refractivity contribution in [1.82, 2.24) is 14.6 Å². The second-order valence-corrected chi connectivity index (χ2v) is 7.05. The van der Waals surface area contributed by atoms with E-state index in [2.05, 4.69) is 9.71 Å². The van der Waals surface area contributed by atoms with Gasteiger partial charge in [0.2, 0.25) is 15.9 Å². The number of hydrogen-bond donors (Lipinski definition) is 1. The molecule has 0 radical (unpaired) electrons. The van der Waals surface area contributed by atoms with Crippen LogP contribution in [0.5, 0.6) is 0 Å². The highest BCUT2D eigenvalue weighted by Crippen LogP contribution is 2.11. The van der Waals surface area contributed by atoms with Gasteiger partial charge < -0.3 is 4.90 Å². The Bertz CT molecular complexity index is 816. The third-order valence-corrected chi connectivity index (χ3v) is 4.85. The van der Waals surface area contributed by atoms with Gasteiger partial charge in [0.25, 0.3) is 0 Å². The summed E-state index contributed by atoms with van der Waals surface area (Å²) in [4.78, 5) is 17.8. The smallest absolute Gasteiger partial charge is 0.246 e. The van der Waals surface area contributed by atoms with Gasteiger partial charge in [-0.05, 0) is 48.5 Å². The Morgan fingerprint density at radius 3 is 2.38 bits per heavy atom. The SMILES string of the molecule is CNS(=O)(=O)c1ccc(/C=C/C(=O)N(C)Cc2ccncc2)cc1. The van der Waals surface area contributed by atoms with Crippen LogP contribution in [0, 0.1) is 0 Å². The third-order valence-electron chi connectivity index (χ3n) is 3.42. The van der Waals surface area contributed by atoms with Crippen molar-refractivity contribution in [3.05, 3.63) is 66.0 Å². The van der Waals surface area contributed by atoms with Crippen LogP contribution in [0.3, 0.4) is 0 Å². The molecule has 2 rings (SSSR count). The Morgan fingerprint density at radius 2 is 1.79 bits per heavy atom. The summed E-state index contributed by atoms with van der Waals surface area (Å²) in [5, 5.41) is 0. The highest BCUT2D eigenvalue weighted by molar-refractivity contribution is 7.89. The summed E-state index contributed by atoms with van der Waals surface area (Å²) in [5.74, 6) is -0.140. The molecule has 1 amide bonds. The van der Waals surface area contributed by atoms with Crippen LogP contribution >= 0.6 is 0 Å². The van der Waals surface area contributed by atoms with E-state index in [0.717, 1.165) is 11.1 Å². The van der Waals surface area contributed by atoms with Gasteiger partial charge in [-0.1, -0.05) is 12.1 Å². The van der Waals surface area contributed by atoms with E-state index in [1.54, 1.807) is 42.6 Å². The number of likely N-dealkylation sites (N-methyl/N-ethyl adjacent to an activating group) is 1. The second-order valence-electron chi connectivity index (χ2n) is 5.16. The van der Waals surface area contributed by atoms with Crippen LogP contribution in [-0.4, -0.2) is 38.3 Å². The molecule has 0 fully saturated rings. The normalized spacial score (nSPS) is 11.6. The zero-order valence-corrected chi connectivity index (χ0v) is 14.3. The standard InChI is InChI=1S/C17H19N3O3S/c1-18-24(22,23)16-6-3-14(4-7-16)5-8-17(21)20(2)13-15-9-11-19-12-10-15/h3-12,18H,13H2,1-2H3/b8-5+. The average molecular weight is 345 g/mol. The minimum atomic E-state index is -3.45. The van der Waals surface area contributed by atoms with Crippen molar-refractivity contribution in [3.8, 4) is 0 Å². The summed E-state index contributed by atoms with van der Waals surface area (Å²) in [6, 6.07) is 10.0. The molecular weight excluding hydrogens is 326 g/mol. The molecule has 1 aromatic heterocycles. The Morgan fingerprint density at radius 1 is 1.17 bits per heavy atom. The number of carbonyl (C=O) groups excluding carboxylic acids is 1. The summed E-state index contributed by atoms with van der Waals surface area (Å²) in [6.45, 7) is 0.491. The number of rotatable bonds is 6. The molecule has 6 nitrogen and oxygen atoms in total. The zero-order valence-electron chi connectivity index (χ0n) is 13.5. The van der Waals surface area contributed by atoms with Crippen molar-refractivity contribution in [3.63, 3.8) is 0 Å². The second kappa shape index (κ2) is 7.85. The minimum Gasteiger partial charge on any atom is -0.338 e. The van der Waals surface area contributed by atoms with E-state index in [4.69, 9.17) is 0 Å². The fourth-order valence-corrected chi connectivity index (χ4v) is 2.74. The molecule has 2 aromatic rings. The molecule has 0 saturated carbocycles. The number of sulfonamides is 1. The number of amides is 1. The summed E-state index contributed by atoms with van der Waals surface area (Å²) in [5.41, 5.74) is 1.74. The molecule has 1 heterocycles. The Balaban J connectivity index is 2.01. The molecule has 0 aliphatic carbocycles. The first-order chi connectivity index (χ1) is 11.4. The fourth-order valence-electron chi connectivity index (χ4n) is 2.01. The molecule has 1 N–H and O–H groups in total. The van der Waals surface area contributed by atoms with Crippen molar-refractivity contribution < 1.29 is 13.2 Å². The van der Waals surface area contributed by atoms with Crippen molar-refractivity contribution in [2.45, 2.75) is 11.4 Å². The largest absolute Gasteiger partial charge is 0.338 e. The van der Waals surface area contributed by atoms with Gasteiger partial charge in [-0.3, -0.25) is 9.78 Å². The van der Waals surface area contributed by atoms with Gasteiger partial charge in [-0.15, -0.1) is 0 Å². The molecule has 0 atom stereocenters. The van der Waals surface area contributed by atoms with E-state index in [1.165, 1.54) is 25.3 Å². The van der Waals surface area contributed by atoms with E-state index < -0.39 is 10.0 Å². The molecule has 126 valence electrons. The molecule has 0 aliphatic rings. The van der Waals surface area contributed by atoms with Gasteiger partial charge in [0.15, 0.2) is 0 Å². The summed E-state index contributed by atoms with van der Waals surface area (Å²) < 4.78 is 25.5. The lowest BCUT2D eigenvalue weighted by atomic mass is 10.2. The van der Waals surface area contributed by atoms with Crippen molar-refractivity contribution in [2.75, 3.05) is 14.1 Å². The lowest BCUT2D eigenvalue weighted by Gasteiger charge is -2.14. The van der Waals surface area contributed by atoms with Gasteiger partial charge in [0.1, 0.15) is 0 Å². The van der Waals surface area contributed by atoms with E-state index in [9.17, 15) is 13.2 Å². The van der Waals surface area contributed by atoms with Crippen LogP contribution in [0.4, 0.5) is 0 Å². The number of nitrogens with zero attached hydrogens (tertiary/aromatic N) is 2. The molecule has 0 saturated heterocycles. The Kier molecular flexibility index (Phi) is 5.83. The molecule has 0 unspecified atom stereocenters. The number of benzene rings is 1. The summed E-state index contributed by atoms with van der Waals surface area (Å²) in [7, 11) is -0.369. The lowest BCUT2D eigenvalue weighted by molar-refractivity contribution is -0.125. The van der Waals surface area contributed by atoms with Crippen molar-refractivity contribution in [2.24, 2.45) is 0 Å². The zero-order chi connectivity index (χ0) is 17.6. The Labute approximate surface area is 141 Å². The number of nitrogens with one attached hydrogen (secondary N) is 1. The number of hydrogen-bond acceptors (Lipinski definition) is 4. The molecule has 0 aliphatic heterocycles. The van der Waals surface area contributed by atoms with E-state index >= 15 is 0 Å². The predicted molar refractivity (Wildman–Crippen MR) is 92.4 cm³/mol. The lowest BCUT2D eigenvalue weighted by Crippen LogP contribution is -2.24. The van der Waals surface area contributed by atoms with Gasteiger partial charge in [0.05, 0.1) is 4.90 Å². The van der Waals surface area contributed by atoms with Crippen LogP contribution in [0.15, 0.2) is 59.8 Å². The van der Waals surface area contributed by atoms with Gasteiger partial charge in [-0.25, -0.2) is 13.1 Å². The number of aromatic nitrogens is 1.